The molecule has 1 amide bonds. The Morgan fingerprint density at radius 2 is 1.87 bits per heavy atom. The first-order chi connectivity index (χ1) is 14.7. The number of rotatable bonds is 7. The molecule has 1 aromatic rings. The van der Waals surface area contributed by atoms with Gasteiger partial charge in [-0.05, 0) is 75.4 Å². The Balaban J connectivity index is 1.23. The Morgan fingerprint density at radius 3 is 2.63 bits per heavy atom. The van der Waals surface area contributed by atoms with Crippen LogP contribution in [0.3, 0.4) is 0 Å². The largest absolute Gasteiger partial charge is 0.497 e. The third-order valence-electron chi connectivity index (χ3n) is 7.08. The number of nitrogens with zero attached hydrogens (tertiary/aromatic N) is 3. The first kappa shape index (κ1) is 21.6. The van der Waals surface area contributed by atoms with Crippen LogP contribution in [0.2, 0.25) is 0 Å². The van der Waals surface area contributed by atoms with Crippen molar-refractivity contribution in [2.45, 2.75) is 38.1 Å². The molecule has 0 aromatic heterocycles. The molecule has 3 heterocycles. The van der Waals surface area contributed by atoms with Gasteiger partial charge in [0.15, 0.2) is 0 Å². The van der Waals surface area contributed by atoms with Gasteiger partial charge in [-0.3, -0.25) is 14.6 Å². The molecule has 1 unspecified atom stereocenters. The number of carbonyl (C=O) groups excluding carboxylic acids is 1. The molecule has 0 N–H and O–H groups in total. The molecule has 6 nitrogen and oxygen atoms in total. The van der Waals surface area contributed by atoms with Crippen molar-refractivity contribution in [3.63, 3.8) is 0 Å². The average molecular weight is 416 g/mol. The molecule has 3 aliphatic rings. The number of hydrogen-bond acceptors (Lipinski definition) is 5. The first-order valence-corrected chi connectivity index (χ1v) is 11.7. The van der Waals surface area contributed by atoms with Crippen LogP contribution >= 0.6 is 0 Å². The highest BCUT2D eigenvalue weighted by atomic mass is 16.5. The molecular weight excluding hydrogens is 378 g/mol. The van der Waals surface area contributed by atoms with Crippen LogP contribution in [0.5, 0.6) is 5.75 Å². The molecule has 0 spiro atoms. The van der Waals surface area contributed by atoms with Gasteiger partial charge in [0.05, 0.1) is 32.9 Å². The van der Waals surface area contributed by atoms with Crippen molar-refractivity contribution in [3.8, 4) is 5.75 Å². The number of likely N-dealkylation sites (tertiary alicyclic amines) is 2. The van der Waals surface area contributed by atoms with E-state index in [0.717, 1.165) is 70.4 Å². The molecule has 4 rings (SSSR count). The number of hydrogen-bond donors (Lipinski definition) is 0. The number of piperidine rings is 1. The third-order valence-corrected chi connectivity index (χ3v) is 7.08. The van der Waals surface area contributed by atoms with Crippen LogP contribution in [0.1, 0.15) is 43.7 Å². The van der Waals surface area contributed by atoms with Gasteiger partial charge in [-0.1, -0.05) is 12.1 Å². The molecule has 3 saturated heterocycles. The maximum absolute atomic E-state index is 13.1. The highest BCUT2D eigenvalue weighted by Gasteiger charge is 2.31. The van der Waals surface area contributed by atoms with Crippen LogP contribution in [0, 0.1) is 5.92 Å². The van der Waals surface area contributed by atoms with Crippen LogP contribution in [0.4, 0.5) is 0 Å². The normalized spacial score (nSPS) is 24.3. The summed E-state index contributed by atoms with van der Waals surface area (Å²) in [5, 5.41) is 0. The van der Waals surface area contributed by atoms with E-state index in [1.54, 1.807) is 7.11 Å². The lowest BCUT2D eigenvalue weighted by Crippen LogP contribution is -2.43. The van der Waals surface area contributed by atoms with Crippen LogP contribution in [-0.4, -0.2) is 86.7 Å². The Kier molecular flexibility index (Phi) is 7.63. The molecule has 0 radical (unpaired) electrons. The van der Waals surface area contributed by atoms with Crippen molar-refractivity contribution in [1.82, 2.24) is 14.7 Å². The lowest BCUT2D eigenvalue weighted by molar-refractivity contribution is -0.133. The van der Waals surface area contributed by atoms with Crippen molar-refractivity contribution < 1.29 is 14.3 Å². The summed E-state index contributed by atoms with van der Waals surface area (Å²) in [7, 11) is 1.70. The van der Waals surface area contributed by atoms with Crippen LogP contribution in [0.25, 0.3) is 0 Å². The predicted octanol–water partition coefficient (Wildman–Crippen LogP) is 2.79. The van der Waals surface area contributed by atoms with E-state index in [-0.39, 0.29) is 11.9 Å². The van der Waals surface area contributed by atoms with E-state index < -0.39 is 0 Å². The summed E-state index contributed by atoms with van der Waals surface area (Å²) in [5.41, 5.74) is 1.20. The number of methoxy groups -OCH3 is 1. The van der Waals surface area contributed by atoms with E-state index in [1.165, 1.54) is 31.4 Å². The van der Waals surface area contributed by atoms with Crippen LogP contribution < -0.4 is 4.74 Å². The fourth-order valence-electron chi connectivity index (χ4n) is 5.17. The zero-order valence-corrected chi connectivity index (χ0v) is 18.4. The zero-order valence-electron chi connectivity index (χ0n) is 18.4. The predicted molar refractivity (Wildman–Crippen MR) is 118 cm³/mol. The summed E-state index contributed by atoms with van der Waals surface area (Å²) in [5.74, 6) is 1.95. The van der Waals surface area contributed by atoms with Crippen molar-refractivity contribution >= 4 is 5.91 Å². The maximum Gasteiger partial charge on any atom is 0.237 e. The molecule has 0 aliphatic carbocycles. The van der Waals surface area contributed by atoms with E-state index >= 15 is 0 Å². The van der Waals surface area contributed by atoms with E-state index in [2.05, 4.69) is 26.8 Å². The second kappa shape index (κ2) is 10.6. The van der Waals surface area contributed by atoms with E-state index in [0.29, 0.717) is 6.54 Å². The third kappa shape index (κ3) is 5.54. The van der Waals surface area contributed by atoms with Gasteiger partial charge in [0.25, 0.3) is 0 Å². The monoisotopic (exact) mass is 415 g/mol. The van der Waals surface area contributed by atoms with Gasteiger partial charge in [0.1, 0.15) is 5.75 Å². The summed E-state index contributed by atoms with van der Waals surface area (Å²) in [6.45, 7) is 8.67. The Bertz CT molecular complexity index is 684. The summed E-state index contributed by atoms with van der Waals surface area (Å²) in [4.78, 5) is 20.1. The summed E-state index contributed by atoms with van der Waals surface area (Å²) in [6, 6.07) is 8.39. The van der Waals surface area contributed by atoms with E-state index in [4.69, 9.17) is 9.47 Å². The summed E-state index contributed by atoms with van der Waals surface area (Å²) in [6.07, 6.45) is 5.85. The second-order valence-corrected chi connectivity index (χ2v) is 8.98. The van der Waals surface area contributed by atoms with Gasteiger partial charge in [0, 0.05) is 19.6 Å². The van der Waals surface area contributed by atoms with Crippen LogP contribution in [0.15, 0.2) is 24.3 Å². The van der Waals surface area contributed by atoms with Gasteiger partial charge in [-0.2, -0.15) is 0 Å². The highest BCUT2D eigenvalue weighted by molar-refractivity contribution is 5.79. The van der Waals surface area contributed by atoms with E-state index in [1.807, 2.05) is 12.1 Å². The first-order valence-electron chi connectivity index (χ1n) is 11.7. The number of carbonyl (C=O) groups is 1. The highest BCUT2D eigenvalue weighted by Crippen LogP contribution is 2.33. The van der Waals surface area contributed by atoms with Gasteiger partial charge in [-0.15, -0.1) is 0 Å². The van der Waals surface area contributed by atoms with Crippen molar-refractivity contribution in [3.05, 3.63) is 29.8 Å². The minimum Gasteiger partial charge on any atom is -0.497 e. The van der Waals surface area contributed by atoms with Crippen molar-refractivity contribution in [1.29, 1.82) is 0 Å². The van der Waals surface area contributed by atoms with Crippen molar-refractivity contribution in [2.24, 2.45) is 5.92 Å². The Hall–Kier alpha value is -1.63. The minimum absolute atomic E-state index is 0.193. The SMILES string of the molecule is COc1cccc(C2CCCN2C(=O)CN2CCC(CCN3CCOCC3)CC2)c1. The van der Waals surface area contributed by atoms with Crippen molar-refractivity contribution in [2.75, 3.05) is 66.1 Å². The molecule has 30 heavy (non-hydrogen) atoms. The fraction of sp³-hybridized carbons (Fsp3) is 0.708. The maximum atomic E-state index is 13.1. The lowest BCUT2D eigenvalue weighted by atomic mass is 9.93. The summed E-state index contributed by atoms with van der Waals surface area (Å²) < 4.78 is 10.8. The second-order valence-electron chi connectivity index (χ2n) is 8.98. The molecular formula is C24H37N3O3. The fourth-order valence-corrected chi connectivity index (χ4v) is 5.17. The molecule has 0 saturated carbocycles. The van der Waals surface area contributed by atoms with E-state index in [9.17, 15) is 4.79 Å². The van der Waals surface area contributed by atoms with Gasteiger partial charge >= 0.3 is 0 Å². The molecule has 6 heteroatoms. The van der Waals surface area contributed by atoms with Gasteiger partial charge in [-0.25, -0.2) is 0 Å². The number of morpholine rings is 1. The quantitative estimate of drug-likeness (QED) is 0.685. The Labute approximate surface area is 181 Å². The minimum atomic E-state index is 0.193. The standard InChI is InChI=1S/C24H37N3O3/c1-29-22-5-2-4-21(18-22)23-6-3-10-27(23)24(28)19-26-12-8-20(9-13-26)7-11-25-14-16-30-17-15-25/h2,4-5,18,20,23H,3,6-17,19H2,1H3. The summed E-state index contributed by atoms with van der Waals surface area (Å²) >= 11 is 0. The number of ether oxygens (including phenoxy) is 2. The molecule has 3 aliphatic heterocycles. The average Bonchev–Trinajstić information content (AvgIpc) is 3.30. The van der Waals surface area contributed by atoms with Gasteiger partial charge in [0.2, 0.25) is 5.91 Å². The topological polar surface area (TPSA) is 45.2 Å². The molecule has 166 valence electrons. The lowest BCUT2D eigenvalue weighted by Gasteiger charge is -2.35. The molecule has 1 aromatic carbocycles. The van der Waals surface area contributed by atoms with Gasteiger partial charge < -0.3 is 14.4 Å². The Morgan fingerprint density at radius 1 is 1.07 bits per heavy atom. The molecule has 3 fully saturated rings. The molecule has 1 atom stereocenters. The number of benzene rings is 1. The smallest absolute Gasteiger partial charge is 0.237 e. The van der Waals surface area contributed by atoms with Crippen LogP contribution in [-0.2, 0) is 9.53 Å². The number of amides is 1. The molecule has 0 bridgehead atoms. The zero-order chi connectivity index (χ0) is 20.8.